The quantitative estimate of drug-likeness (QED) is 0.0195. The van der Waals surface area contributed by atoms with Crippen molar-refractivity contribution >= 4 is 19.8 Å². The van der Waals surface area contributed by atoms with E-state index < -0.39 is 32.5 Å². The lowest BCUT2D eigenvalue weighted by atomic mass is 10.0. The number of nitrogens with zero attached hydrogens (tertiary/aromatic N) is 1. The molecule has 0 N–H and O–H groups in total. The second-order valence-corrected chi connectivity index (χ2v) is 27.3. The van der Waals surface area contributed by atoms with Crippen molar-refractivity contribution in [3.63, 3.8) is 0 Å². The number of phosphoric acid groups is 1. The first-order chi connectivity index (χ1) is 47.0. The molecule has 0 aliphatic heterocycles. The first kappa shape index (κ1) is 90.8. The second-order valence-electron chi connectivity index (χ2n) is 25.9. The number of carbonyl (C=O) groups is 2. The third kappa shape index (κ3) is 77.9. The fourth-order valence-corrected chi connectivity index (χ4v) is 10.6. The van der Waals surface area contributed by atoms with Gasteiger partial charge in [0.15, 0.2) is 6.10 Å². The third-order valence-corrected chi connectivity index (χ3v) is 16.6. The summed E-state index contributed by atoms with van der Waals surface area (Å²) in [5.74, 6) is -0.848. The van der Waals surface area contributed by atoms with Gasteiger partial charge < -0.3 is 27.9 Å². The van der Waals surface area contributed by atoms with Crippen LogP contribution in [0.2, 0.25) is 0 Å². The molecule has 0 aliphatic carbocycles. The van der Waals surface area contributed by atoms with E-state index in [0.717, 1.165) is 154 Å². The van der Waals surface area contributed by atoms with Gasteiger partial charge in [-0.25, -0.2) is 0 Å². The molecule has 0 aromatic heterocycles. The molecular formula is C86H140NO8P. The summed E-state index contributed by atoms with van der Waals surface area (Å²) in [6.45, 7) is 4.00. The normalized spacial score (nSPS) is 14.2. The molecule has 0 rings (SSSR count). The van der Waals surface area contributed by atoms with Crippen molar-refractivity contribution in [1.82, 2.24) is 0 Å². The van der Waals surface area contributed by atoms with Gasteiger partial charge in [-0.3, -0.25) is 14.2 Å². The lowest BCUT2D eigenvalue weighted by Gasteiger charge is -2.28. The Labute approximate surface area is 590 Å². The fraction of sp³-hybridized carbons (Fsp3) is 0.605. The maximum atomic E-state index is 12.9. The maximum Gasteiger partial charge on any atom is 0.306 e. The van der Waals surface area contributed by atoms with Gasteiger partial charge in [-0.05, 0) is 141 Å². The molecule has 0 amide bonds. The van der Waals surface area contributed by atoms with Crippen LogP contribution in [-0.4, -0.2) is 70.0 Å². The van der Waals surface area contributed by atoms with Gasteiger partial charge in [0.25, 0.3) is 7.82 Å². The standard InChI is InChI=1S/C86H140NO8P/c1-6-8-10-12-14-16-18-20-22-24-26-28-30-32-34-36-38-39-40-41-42-43-44-45-46-47-49-51-53-55-57-59-61-63-65-67-69-71-73-75-77-79-86(89)95-84(83-94-96(90,91)93-81-80-87(3,4)5)82-92-85(88)78-76-74-72-70-68-66-64-62-60-58-56-54-52-50-48-37-35-33-31-29-27-25-23-21-19-17-15-13-11-9-7-2/h8-11,14-17,20-23,26-29,32-35,38-39,41-42,44-45,47-50,53,55,84H,6-7,12-13,18-19,24-25,30-31,36-37,40,43,46,51-52,54,56-83H2,1-5H3/b10-8-,11-9-,16-14-,17-15-,22-20-,23-21-,28-26-,29-27-,34-32-,35-33-,39-38-,42-41-,45-44-,49-47-,50-48-,55-53-. The Kier molecular flexibility index (Phi) is 70.1. The van der Waals surface area contributed by atoms with Gasteiger partial charge in [0, 0.05) is 12.8 Å². The van der Waals surface area contributed by atoms with Crippen LogP contribution in [0.4, 0.5) is 0 Å². The molecule has 0 radical (unpaired) electrons. The zero-order valence-electron chi connectivity index (χ0n) is 61.7. The van der Waals surface area contributed by atoms with E-state index in [-0.39, 0.29) is 26.1 Å². The van der Waals surface area contributed by atoms with Crippen molar-refractivity contribution in [2.75, 3.05) is 47.5 Å². The SMILES string of the molecule is CC/C=C\C/C=C\C/C=C\C/C=C\C/C=C\C/C=C\C/C=C\C/C=C\C/C=C\C/C=C\CCCCCCCCCCCCC(=O)OC(COC(=O)CCCCCCCCCCCCCC/C=C\C/C=C\C/C=C\C/C=C\C/C=C\C/C=C\CC)COP(=O)([O-])OCC[N+](C)(C)C. The molecule has 0 spiro atoms. The summed E-state index contributed by atoms with van der Waals surface area (Å²) < 4.78 is 34.4. The van der Waals surface area contributed by atoms with Crippen LogP contribution in [-0.2, 0) is 32.7 Å². The van der Waals surface area contributed by atoms with E-state index in [2.05, 4.69) is 208 Å². The van der Waals surface area contributed by atoms with E-state index in [4.69, 9.17) is 18.5 Å². The number of allylic oxidation sites excluding steroid dienone is 32. The van der Waals surface area contributed by atoms with Crippen molar-refractivity contribution in [1.29, 1.82) is 0 Å². The van der Waals surface area contributed by atoms with Gasteiger partial charge in [-0.15, -0.1) is 0 Å². The summed E-state index contributed by atoms with van der Waals surface area (Å²) in [5, 5.41) is 0. The highest BCUT2D eigenvalue weighted by atomic mass is 31.2. The highest BCUT2D eigenvalue weighted by Gasteiger charge is 2.22. The smallest absolute Gasteiger partial charge is 0.306 e. The summed E-state index contributed by atoms with van der Waals surface area (Å²) in [5.41, 5.74) is 0. The van der Waals surface area contributed by atoms with Crippen molar-refractivity contribution in [2.24, 2.45) is 0 Å². The van der Waals surface area contributed by atoms with E-state index in [0.29, 0.717) is 17.4 Å². The average Bonchev–Trinajstić information content (AvgIpc) is 2.54. The van der Waals surface area contributed by atoms with Crippen molar-refractivity contribution in [2.45, 2.75) is 290 Å². The molecule has 0 saturated carbocycles. The summed E-state index contributed by atoms with van der Waals surface area (Å²) in [4.78, 5) is 38.2. The minimum Gasteiger partial charge on any atom is -0.756 e. The number of hydrogen-bond acceptors (Lipinski definition) is 8. The Balaban J connectivity index is 4.09. The molecule has 10 heteroatoms. The molecular weight excluding hydrogens is 1210 g/mol. The van der Waals surface area contributed by atoms with Gasteiger partial charge in [-0.1, -0.05) is 324 Å². The molecule has 542 valence electrons. The summed E-state index contributed by atoms with van der Waals surface area (Å²) >= 11 is 0. The van der Waals surface area contributed by atoms with E-state index in [1.54, 1.807) is 0 Å². The number of esters is 2. The topological polar surface area (TPSA) is 111 Å². The third-order valence-electron chi connectivity index (χ3n) is 15.6. The molecule has 0 aromatic rings. The number of hydrogen-bond donors (Lipinski definition) is 0. The van der Waals surface area contributed by atoms with Gasteiger partial charge in [0.1, 0.15) is 19.8 Å². The minimum absolute atomic E-state index is 0.0409. The maximum absolute atomic E-state index is 12.9. The number of ether oxygens (including phenoxy) is 2. The molecule has 0 fully saturated rings. The number of unbranched alkanes of at least 4 members (excludes halogenated alkanes) is 22. The molecule has 0 bridgehead atoms. The Morgan fingerprint density at radius 3 is 0.833 bits per heavy atom. The van der Waals surface area contributed by atoms with E-state index in [1.807, 2.05) is 21.1 Å². The molecule has 2 atom stereocenters. The number of quaternary nitrogens is 1. The van der Waals surface area contributed by atoms with Crippen LogP contribution in [0.1, 0.15) is 284 Å². The molecule has 96 heavy (non-hydrogen) atoms. The van der Waals surface area contributed by atoms with Crippen molar-refractivity contribution in [3.8, 4) is 0 Å². The van der Waals surface area contributed by atoms with Gasteiger partial charge in [-0.2, -0.15) is 0 Å². The first-order valence-electron chi connectivity index (χ1n) is 38.1. The molecule has 0 aromatic carbocycles. The van der Waals surface area contributed by atoms with Gasteiger partial charge in [0.2, 0.25) is 0 Å². The van der Waals surface area contributed by atoms with E-state index in [9.17, 15) is 19.0 Å². The molecule has 0 aliphatic rings. The summed E-state index contributed by atoms with van der Waals surface area (Å²) in [6, 6.07) is 0. The zero-order chi connectivity index (χ0) is 69.7. The Bertz CT molecular complexity index is 2330. The molecule has 0 heterocycles. The Hall–Kier alpha value is -5.15. The minimum atomic E-state index is -4.66. The predicted molar refractivity (Wildman–Crippen MR) is 415 cm³/mol. The van der Waals surface area contributed by atoms with Crippen LogP contribution in [0.25, 0.3) is 0 Å². The largest absolute Gasteiger partial charge is 0.756 e. The Morgan fingerprint density at radius 1 is 0.323 bits per heavy atom. The Morgan fingerprint density at radius 2 is 0.562 bits per heavy atom. The number of likely N-dealkylation sites (N-methyl/N-ethyl adjacent to an activating group) is 1. The van der Waals surface area contributed by atoms with Crippen LogP contribution >= 0.6 is 7.82 Å². The van der Waals surface area contributed by atoms with E-state index in [1.165, 1.54) is 96.3 Å². The van der Waals surface area contributed by atoms with Crippen LogP contribution in [0.15, 0.2) is 194 Å². The highest BCUT2D eigenvalue weighted by molar-refractivity contribution is 7.45. The van der Waals surface area contributed by atoms with Crippen molar-refractivity contribution in [3.05, 3.63) is 194 Å². The highest BCUT2D eigenvalue weighted by Crippen LogP contribution is 2.38. The number of phosphoric ester groups is 1. The first-order valence-corrected chi connectivity index (χ1v) is 39.6. The van der Waals surface area contributed by atoms with Crippen LogP contribution < -0.4 is 4.89 Å². The van der Waals surface area contributed by atoms with Gasteiger partial charge in [0.05, 0.1) is 27.7 Å². The molecule has 2 unspecified atom stereocenters. The molecule has 0 saturated heterocycles. The van der Waals surface area contributed by atoms with Gasteiger partial charge >= 0.3 is 11.9 Å². The van der Waals surface area contributed by atoms with Crippen LogP contribution in [0, 0.1) is 0 Å². The lowest BCUT2D eigenvalue weighted by molar-refractivity contribution is -0.870. The lowest BCUT2D eigenvalue weighted by Crippen LogP contribution is -2.37. The zero-order valence-corrected chi connectivity index (χ0v) is 62.6. The van der Waals surface area contributed by atoms with Crippen LogP contribution in [0.5, 0.6) is 0 Å². The predicted octanol–water partition coefficient (Wildman–Crippen LogP) is 25.0. The number of rotatable bonds is 68. The summed E-state index contributed by atoms with van der Waals surface area (Å²) in [7, 11) is 1.14. The summed E-state index contributed by atoms with van der Waals surface area (Å²) in [6.07, 6.45) is 115. The second kappa shape index (κ2) is 74.1. The van der Waals surface area contributed by atoms with E-state index >= 15 is 0 Å². The molecule has 9 nitrogen and oxygen atoms in total. The monoisotopic (exact) mass is 1350 g/mol. The van der Waals surface area contributed by atoms with Crippen LogP contribution in [0.3, 0.4) is 0 Å². The van der Waals surface area contributed by atoms with Crippen molar-refractivity contribution < 1.29 is 42.1 Å². The average molecular weight is 1350 g/mol. The fourth-order valence-electron chi connectivity index (χ4n) is 9.87. The number of carbonyl (C=O) groups excluding carboxylic acids is 2.